The second kappa shape index (κ2) is 3.33. The van der Waals surface area contributed by atoms with Gasteiger partial charge in [-0.15, -0.1) is 0 Å². The highest BCUT2D eigenvalue weighted by molar-refractivity contribution is 5.83. The monoisotopic (exact) mass is 189 g/mol. The van der Waals surface area contributed by atoms with Crippen molar-refractivity contribution < 1.29 is 14.4 Å². The molecule has 0 amide bonds. The molecule has 4 nitrogen and oxygen atoms in total. The first-order valence-corrected chi connectivity index (χ1v) is 4.00. The number of hydrogen-bond donors (Lipinski definition) is 1. The Hall–Kier alpha value is -2.10. The number of nitrogens with zero attached hydrogens (tertiary/aromatic N) is 1. The van der Waals surface area contributed by atoms with Gasteiger partial charge >= 0.3 is 0 Å². The summed E-state index contributed by atoms with van der Waals surface area (Å²) in [7, 11) is 0. The van der Waals surface area contributed by atoms with Crippen molar-refractivity contribution >= 4 is 17.3 Å². The number of benzene rings is 1. The zero-order valence-electron chi connectivity index (χ0n) is 7.18. The summed E-state index contributed by atoms with van der Waals surface area (Å²) in [4.78, 5) is 10.6. The van der Waals surface area contributed by atoms with Crippen LogP contribution in [0.4, 0.5) is 0 Å². The molecule has 0 aliphatic heterocycles. The molecule has 14 heavy (non-hydrogen) atoms. The molecular weight excluding hydrogens is 182 g/mol. The van der Waals surface area contributed by atoms with Gasteiger partial charge in [0.15, 0.2) is 6.29 Å². The first-order chi connectivity index (χ1) is 6.86. The van der Waals surface area contributed by atoms with Gasteiger partial charge in [0.25, 0.3) is 0 Å². The maximum Gasteiger partial charge on any atom is 0.155 e. The van der Waals surface area contributed by atoms with Crippen LogP contribution in [0.15, 0.2) is 40.1 Å². The molecule has 1 aromatic heterocycles. The van der Waals surface area contributed by atoms with Gasteiger partial charge in [0.1, 0.15) is 17.2 Å². The number of hydrogen-bond acceptors (Lipinski definition) is 4. The Labute approximate surface area is 79.1 Å². The molecule has 0 spiro atoms. The van der Waals surface area contributed by atoms with Crippen LogP contribution in [-0.4, -0.2) is 11.5 Å². The SMILES string of the molecule is O=Cc1coc2ccccc2/c1=N\O. The Kier molecular flexibility index (Phi) is 2.02. The van der Waals surface area contributed by atoms with E-state index in [1.165, 1.54) is 6.26 Å². The van der Waals surface area contributed by atoms with E-state index in [1.807, 2.05) is 0 Å². The predicted octanol–water partition coefficient (Wildman–Crippen LogP) is 1.54. The van der Waals surface area contributed by atoms with Crippen LogP contribution < -0.4 is 5.36 Å². The van der Waals surface area contributed by atoms with E-state index in [-0.39, 0.29) is 10.9 Å². The fourth-order valence-corrected chi connectivity index (χ4v) is 1.30. The van der Waals surface area contributed by atoms with Gasteiger partial charge in [0.05, 0.1) is 5.56 Å². The molecule has 0 unspecified atom stereocenters. The molecule has 1 heterocycles. The number of fused-ring (bicyclic) bond motifs is 1. The van der Waals surface area contributed by atoms with E-state index < -0.39 is 0 Å². The molecule has 0 aliphatic rings. The van der Waals surface area contributed by atoms with Crippen LogP contribution in [0.1, 0.15) is 10.4 Å². The second-order valence-electron chi connectivity index (χ2n) is 2.75. The molecule has 1 aromatic carbocycles. The third-order valence-corrected chi connectivity index (χ3v) is 1.96. The van der Waals surface area contributed by atoms with Crippen LogP contribution in [0.25, 0.3) is 11.0 Å². The second-order valence-corrected chi connectivity index (χ2v) is 2.75. The topological polar surface area (TPSA) is 62.8 Å². The molecule has 2 aromatic rings. The molecule has 0 aliphatic carbocycles. The Bertz CT molecular complexity index is 542. The van der Waals surface area contributed by atoms with Gasteiger partial charge in [0.2, 0.25) is 0 Å². The molecule has 0 fully saturated rings. The molecule has 0 atom stereocenters. The van der Waals surface area contributed by atoms with Crippen molar-refractivity contribution in [3.8, 4) is 0 Å². The third kappa shape index (κ3) is 1.17. The average molecular weight is 189 g/mol. The third-order valence-electron chi connectivity index (χ3n) is 1.96. The molecule has 2 rings (SSSR count). The van der Waals surface area contributed by atoms with Crippen LogP contribution in [-0.2, 0) is 0 Å². The van der Waals surface area contributed by atoms with Crippen molar-refractivity contribution in [2.45, 2.75) is 0 Å². The number of rotatable bonds is 1. The van der Waals surface area contributed by atoms with E-state index in [0.29, 0.717) is 17.3 Å². The quantitative estimate of drug-likeness (QED) is 0.420. The fourth-order valence-electron chi connectivity index (χ4n) is 1.30. The number of para-hydroxylation sites is 1. The van der Waals surface area contributed by atoms with Crippen LogP contribution >= 0.6 is 0 Å². The van der Waals surface area contributed by atoms with Gasteiger partial charge in [-0.25, -0.2) is 0 Å². The molecule has 4 heteroatoms. The van der Waals surface area contributed by atoms with Gasteiger partial charge in [0, 0.05) is 5.39 Å². The molecule has 0 saturated heterocycles. The fraction of sp³-hybridized carbons (Fsp3) is 0. The van der Waals surface area contributed by atoms with E-state index in [4.69, 9.17) is 9.62 Å². The van der Waals surface area contributed by atoms with E-state index in [0.717, 1.165) is 0 Å². The molecule has 0 bridgehead atoms. The van der Waals surface area contributed by atoms with Gasteiger partial charge in [-0.3, -0.25) is 4.79 Å². The normalized spacial score (nSPS) is 11.9. The lowest BCUT2D eigenvalue weighted by atomic mass is 10.2. The molecular formula is C10H7NO3. The van der Waals surface area contributed by atoms with E-state index in [9.17, 15) is 4.79 Å². The average Bonchev–Trinajstić information content (AvgIpc) is 2.27. The molecule has 1 N–H and O–H groups in total. The van der Waals surface area contributed by atoms with Crippen LogP contribution in [0.3, 0.4) is 0 Å². The minimum absolute atomic E-state index is 0.228. The smallest absolute Gasteiger partial charge is 0.155 e. The van der Waals surface area contributed by atoms with Crippen LogP contribution in [0.2, 0.25) is 0 Å². The number of aldehydes is 1. The lowest BCUT2D eigenvalue weighted by Gasteiger charge is -1.97. The summed E-state index contributed by atoms with van der Waals surface area (Å²) in [5.41, 5.74) is 0.803. The number of carbonyl (C=O) groups is 1. The van der Waals surface area contributed by atoms with Crippen molar-refractivity contribution in [1.82, 2.24) is 0 Å². The maximum absolute atomic E-state index is 10.6. The standard InChI is InChI=1S/C10H7NO3/c12-5-7-6-14-9-4-2-1-3-8(9)10(7)11-13/h1-6,13H/b11-10-. The minimum atomic E-state index is 0.228. The summed E-state index contributed by atoms with van der Waals surface area (Å²) in [5, 5.41) is 12.7. The lowest BCUT2D eigenvalue weighted by Crippen LogP contribution is -2.09. The van der Waals surface area contributed by atoms with Crippen LogP contribution in [0.5, 0.6) is 0 Å². The largest absolute Gasteiger partial charge is 0.463 e. The molecule has 70 valence electrons. The summed E-state index contributed by atoms with van der Waals surface area (Å²) in [6.07, 6.45) is 1.86. The highest BCUT2D eigenvalue weighted by Gasteiger charge is 2.03. The van der Waals surface area contributed by atoms with Crippen molar-refractivity contribution in [2.75, 3.05) is 0 Å². The van der Waals surface area contributed by atoms with E-state index in [2.05, 4.69) is 5.16 Å². The summed E-state index contributed by atoms with van der Waals surface area (Å²) in [6.45, 7) is 0. The maximum atomic E-state index is 10.6. The first-order valence-electron chi connectivity index (χ1n) is 4.00. The highest BCUT2D eigenvalue weighted by atomic mass is 16.4. The summed E-state index contributed by atoms with van der Waals surface area (Å²) < 4.78 is 5.17. The zero-order valence-corrected chi connectivity index (χ0v) is 7.18. The van der Waals surface area contributed by atoms with Gasteiger partial charge in [-0.05, 0) is 12.1 Å². The predicted molar refractivity (Wildman–Crippen MR) is 49.0 cm³/mol. The summed E-state index contributed by atoms with van der Waals surface area (Å²) in [5.74, 6) is 0. The van der Waals surface area contributed by atoms with E-state index >= 15 is 0 Å². The van der Waals surface area contributed by atoms with Crippen molar-refractivity contribution in [3.05, 3.63) is 41.4 Å². The van der Waals surface area contributed by atoms with E-state index in [1.54, 1.807) is 24.3 Å². The summed E-state index contributed by atoms with van der Waals surface area (Å²) in [6, 6.07) is 7.04. The van der Waals surface area contributed by atoms with Gasteiger partial charge in [-0.2, -0.15) is 0 Å². The minimum Gasteiger partial charge on any atom is -0.463 e. The van der Waals surface area contributed by atoms with Crippen LogP contribution in [0, 0.1) is 0 Å². The Morgan fingerprint density at radius 2 is 2.14 bits per heavy atom. The summed E-state index contributed by atoms with van der Waals surface area (Å²) >= 11 is 0. The number of carbonyl (C=O) groups excluding carboxylic acids is 1. The molecule has 0 saturated carbocycles. The first kappa shape index (κ1) is 8.50. The molecule has 0 radical (unpaired) electrons. The highest BCUT2D eigenvalue weighted by Crippen LogP contribution is 2.09. The Morgan fingerprint density at radius 1 is 1.36 bits per heavy atom. The Balaban J connectivity index is 2.99. The Morgan fingerprint density at radius 3 is 2.86 bits per heavy atom. The van der Waals surface area contributed by atoms with Crippen molar-refractivity contribution in [3.63, 3.8) is 0 Å². The lowest BCUT2D eigenvalue weighted by molar-refractivity contribution is 0.111. The van der Waals surface area contributed by atoms with Crippen molar-refractivity contribution in [1.29, 1.82) is 0 Å². The zero-order chi connectivity index (χ0) is 9.97. The van der Waals surface area contributed by atoms with Gasteiger partial charge < -0.3 is 9.62 Å². The van der Waals surface area contributed by atoms with Gasteiger partial charge in [-0.1, -0.05) is 17.3 Å². The van der Waals surface area contributed by atoms with Crippen molar-refractivity contribution in [2.24, 2.45) is 5.16 Å².